The van der Waals surface area contributed by atoms with Gasteiger partial charge in [0.05, 0.1) is 0 Å². The third-order valence-corrected chi connectivity index (χ3v) is 4.19. The molecule has 116 valence electrons. The largest absolute Gasteiger partial charge is 0.350 e. The molecule has 0 amide bonds. The lowest BCUT2D eigenvalue weighted by atomic mass is 10.1. The Labute approximate surface area is 132 Å². The zero-order valence-electron chi connectivity index (χ0n) is 13.3. The maximum atomic E-state index is 4.32. The molecule has 1 N–H and O–H groups in total. The van der Waals surface area contributed by atoms with Crippen molar-refractivity contribution < 1.29 is 0 Å². The number of nitrogens with one attached hydrogen (secondary N) is 1. The predicted octanol–water partition coefficient (Wildman–Crippen LogP) is 3.25. The van der Waals surface area contributed by atoms with Gasteiger partial charge in [-0.3, -0.25) is 4.90 Å². The summed E-state index contributed by atoms with van der Waals surface area (Å²) in [4.78, 5) is 11.2. The van der Waals surface area contributed by atoms with Gasteiger partial charge in [-0.1, -0.05) is 31.2 Å². The van der Waals surface area contributed by atoms with Gasteiger partial charge in [0, 0.05) is 25.5 Å². The van der Waals surface area contributed by atoms with Gasteiger partial charge in [-0.25, -0.2) is 9.97 Å². The lowest BCUT2D eigenvalue weighted by Crippen LogP contribution is -2.18. The number of anilines is 1. The molecular formula is C18H24N4. The molecule has 1 aliphatic heterocycles. The van der Waals surface area contributed by atoms with Gasteiger partial charge >= 0.3 is 0 Å². The van der Waals surface area contributed by atoms with Crippen molar-refractivity contribution in [1.29, 1.82) is 0 Å². The van der Waals surface area contributed by atoms with Crippen molar-refractivity contribution in [1.82, 2.24) is 14.9 Å². The smallest absolute Gasteiger partial charge is 0.222 e. The van der Waals surface area contributed by atoms with Crippen LogP contribution in [0.3, 0.4) is 0 Å². The highest BCUT2D eigenvalue weighted by molar-refractivity contribution is 5.29. The Morgan fingerprint density at radius 1 is 0.955 bits per heavy atom. The van der Waals surface area contributed by atoms with E-state index in [9.17, 15) is 0 Å². The van der Waals surface area contributed by atoms with Crippen molar-refractivity contribution in [3.63, 3.8) is 0 Å². The van der Waals surface area contributed by atoms with Crippen molar-refractivity contribution in [2.24, 2.45) is 0 Å². The number of likely N-dealkylation sites (tertiary alicyclic amines) is 1. The van der Waals surface area contributed by atoms with Crippen LogP contribution >= 0.6 is 0 Å². The number of aromatic nitrogens is 2. The molecule has 0 saturated carbocycles. The van der Waals surface area contributed by atoms with E-state index in [1.165, 1.54) is 37.1 Å². The predicted molar refractivity (Wildman–Crippen MR) is 89.7 cm³/mol. The first-order valence-corrected chi connectivity index (χ1v) is 8.18. The molecule has 22 heavy (non-hydrogen) atoms. The Kier molecular flexibility index (Phi) is 5.01. The molecule has 2 aromatic rings. The van der Waals surface area contributed by atoms with Gasteiger partial charge in [0.2, 0.25) is 5.95 Å². The average Bonchev–Trinajstić information content (AvgIpc) is 3.08. The van der Waals surface area contributed by atoms with Crippen LogP contribution in [0.15, 0.2) is 36.7 Å². The molecule has 1 saturated heterocycles. The lowest BCUT2D eigenvalue weighted by Gasteiger charge is -2.14. The monoisotopic (exact) mass is 296 g/mol. The average molecular weight is 296 g/mol. The molecule has 4 nitrogen and oxygen atoms in total. The van der Waals surface area contributed by atoms with Gasteiger partial charge in [0.15, 0.2) is 0 Å². The third-order valence-electron chi connectivity index (χ3n) is 4.19. The van der Waals surface area contributed by atoms with Crippen molar-refractivity contribution >= 4 is 5.95 Å². The van der Waals surface area contributed by atoms with E-state index in [4.69, 9.17) is 0 Å². The van der Waals surface area contributed by atoms with E-state index in [-0.39, 0.29) is 0 Å². The van der Waals surface area contributed by atoms with Crippen molar-refractivity contribution in [3.05, 3.63) is 53.3 Å². The van der Waals surface area contributed by atoms with Crippen LogP contribution in [0.4, 0.5) is 5.95 Å². The minimum Gasteiger partial charge on any atom is -0.350 e. The van der Waals surface area contributed by atoms with Crippen LogP contribution in [-0.4, -0.2) is 28.0 Å². The zero-order valence-corrected chi connectivity index (χ0v) is 13.3. The number of aryl methyl sites for hydroxylation is 1. The minimum absolute atomic E-state index is 0.693. The molecule has 0 spiro atoms. The summed E-state index contributed by atoms with van der Waals surface area (Å²) in [6.45, 7) is 6.43. The number of hydrogen-bond acceptors (Lipinski definition) is 4. The topological polar surface area (TPSA) is 41.1 Å². The summed E-state index contributed by atoms with van der Waals surface area (Å²) in [6, 6.07) is 8.85. The third kappa shape index (κ3) is 4.04. The molecule has 0 atom stereocenters. The van der Waals surface area contributed by atoms with Crippen LogP contribution in [0.2, 0.25) is 0 Å². The molecule has 0 unspecified atom stereocenters. The van der Waals surface area contributed by atoms with Crippen molar-refractivity contribution in [2.45, 2.75) is 39.3 Å². The highest BCUT2D eigenvalue weighted by atomic mass is 15.1. The molecule has 4 heteroatoms. The summed E-state index contributed by atoms with van der Waals surface area (Å²) in [5, 5.41) is 3.27. The van der Waals surface area contributed by atoms with Crippen LogP contribution in [0, 0.1) is 0 Å². The maximum absolute atomic E-state index is 4.32. The Balaban J connectivity index is 1.51. The normalized spacial score (nSPS) is 15.1. The first-order valence-electron chi connectivity index (χ1n) is 8.18. The maximum Gasteiger partial charge on any atom is 0.222 e. The molecule has 0 aliphatic carbocycles. The summed E-state index contributed by atoms with van der Waals surface area (Å²) in [6.07, 6.45) is 7.43. The van der Waals surface area contributed by atoms with Gasteiger partial charge in [-0.05, 0) is 49.0 Å². The summed E-state index contributed by atoms with van der Waals surface area (Å²) >= 11 is 0. The standard InChI is InChI=1S/C18H24N4/c1-2-15-11-19-18(20-12-15)21-13-16-5-7-17(8-6-16)14-22-9-3-4-10-22/h5-8,11-12H,2-4,9-10,13-14H2,1H3,(H,19,20,21). The second-order valence-electron chi connectivity index (χ2n) is 5.92. The summed E-state index contributed by atoms with van der Waals surface area (Å²) in [5.41, 5.74) is 3.82. The lowest BCUT2D eigenvalue weighted by molar-refractivity contribution is 0.331. The van der Waals surface area contributed by atoms with Gasteiger partial charge in [0.1, 0.15) is 0 Å². The molecule has 1 aromatic heterocycles. The van der Waals surface area contributed by atoms with Crippen molar-refractivity contribution in [2.75, 3.05) is 18.4 Å². The number of rotatable bonds is 6. The van der Waals surface area contributed by atoms with Crippen LogP contribution < -0.4 is 5.32 Å². The molecule has 1 fully saturated rings. The minimum atomic E-state index is 0.693. The second kappa shape index (κ2) is 7.36. The van der Waals surface area contributed by atoms with Gasteiger partial charge in [-0.15, -0.1) is 0 Å². The van der Waals surface area contributed by atoms with E-state index < -0.39 is 0 Å². The molecule has 1 aromatic carbocycles. The molecule has 1 aliphatic rings. The highest BCUT2D eigenvalue weighted by Gasteiger charge is 2.11. The number of hydrogen-bond donors (Lipinski definition) is 1. The van der Waals surface area contributed by atoms with Crippen LogP contribution in [0.5, 0.6) is 0 Å². The second-order valence-corrected chi connectivity index (χ2v) is 5.92. The highest BCUT2D eigenvalue weighted by Crippen LogP contribution is 2.13. The quantitative estimate of drug-likeness (QED) is 0.888. The van der Waals surface area contributed by atoms with E-state index in [1.54, 1.807) is 0 Å². The summed E-state index contributed by atoms with van der Waals surface area (Å²) < 4.78 is 0. The van der Waals surface area contributed by atoms with E-state index in [0.717, 1.165) is 25.1 Å². The molecule has 0 radical (unpaired) electrons. The fraction of sp³-hybridized carbons (Fsp3) is 0.444. The molecular weight excluding hydrogens is 272 g/mol. The number of nitrogens with zero attached hydrogens (tertiary/aromatic N) is 3. The van der Waals surface area contributed by atoms with E-state index >= 15 is 0 Å². The van der Waals surface area contributed by atoms with E-state index in [1.807, 2.05) is 12.4 Å². The fourth-order valence-electron chi connectivity index (χ4n) is 2.77. The van der Waals surface area contributed by atoms with E-state index in [0.29, 0.717) is 5.95 Å². The first kappa shape index (κ1) is 15.0. The van der Waals surface area contributed by atoms with E-state index in [2.05, 4.69) is 51.4 Å². The van der Waals surface area contributed by atoms with Crippen LogP contribution in [-0.2, 0) is 19.5 Å². The molecule has 0 bridgehead atoms. The van der Waals surface area contributed by atoms with Crippen molar-refractivity contribution in [3.8, 4) is 0 Å². The Morgan fingerprint density at radius 2 is 1.59 bits per heavy atom. The Bertz CT molecular complexity index is 571. The SMILES string of the molecule is CCc1cnc(NCc2ccc(CN3CCCC3)cc2)nc1. The zero-order chi connectivity index (χ0) is 15.2. The first-order chi connectivity index (χ1) is 10.8. The van der Waals surface area contributed by atoms with Crippen LogP contribution in [0.1, 0.15) is 36.5 Å². The van der Waals surface area contributed by atoms with Gasteiger partial charge < -0.3 is 5.32 Å². The Hall–Kier alpha value is -1.94. The van der Waals surface area contributed by atoms with Gasteiger partial charge in [-0.2, -0.15) is 0 Å². The fourth-order valence-corrected chi connectivity index (χ4v) is 2.77. The summed E-state index contributed by atoms with van der Waals surface area (Å²) in [7, 11) is 0. The van der Waals surface area contributed by atoms with Gasteiger partial charge in [0.25, 0.3) is 0 Å². The Morgan fingerprint density at radius 3 is 2.23 bits per heavy atom. The molecule has 2 heterocycles. The van der Waals surface area contributed by atoms with Crippen LogP contribution in [0.25, 0.3) is 0 Å². The summed E-state index contributed by atoms with van der Waals surface area (Å²) in [5.74, 6) is 0.693. The number of benzene rings is 1. The molecule has 3 rings (SSSR count).